The molecule has 4 heteroatoms. The second-order valence-corrected chi connectivity index (χ2v) is 5.24. The number of halogens is 1. The highest BCUT2D eigenvalue weighted by atomic mass is 35.5. The van der Waals surface area contributed by atoms with Crippen LogP contribution >= 0.6 is 12.4 Å². The second-order valence-electron chi connectivity index (χ2n) is 5.24. The molecule has 3 rings (SSSR count). The minimum Gasteiger partial charge on any atom is -0.490 e. The predicted octanol–water partition coefficient (Wildman–Crippen LogP) is 3.22. The summed E-state index contributed by atoms with van der Waals surface area (Å²) < 4.78 is 6.18. The van der Waals surface area contributed by atoms with Crippen LogP contribution in [0, 0.1) is 0 Å². The molecule has 21 heavy (non-hydrogen) atoms. The Morgan fingerprint density at radius 2 is 1.71 bits per heavy atom. The summed E-state index contributed by atoms with van der Waals surface area (Å²) in [5, 5.41) is 3.46. The first-order valence-electron chi connectivity index (χ1n) is 7.11. The molecule has 0 saturated carbocycles. The molecule has 1 fully saturated rings. The van der Waals surface area contributed by atoms with Gasteiger partial charge in [0.2, 0.25) is 0 Å². The third-order valence-electron chi connectivity index (χ3n) is 3.81. The van der Waals surface area contributed by atoms with Gasteiger partial charge in [-0.1, -0.05) is 30.3 Å². The van der Waals surface area contributed by atoms with Gasteiger partial charge in [0.15, 0.2) is 0 Å². The number of anilines is 1. The van der Waals surface area contributed by atoms with Crippen molar-refractivity contribution in [3.63, 3.8) is 0 Å². The first-order valence-corrected chi connectivity index (χ1v) is 7.11. The lowest BCUT2D eigenvalue weighted by Crippen LogP contribution is -2.41. The summed E-state index contributed by atoms with van der Waals surface area (Å²) in [6, 6.07) is 18.2. The monoisotopic (exact) mass is 304 g/mol. The largest absolute Gasteiger partial charge is 0.490 e. The number of nitrogens with one attached hydrogen (secondary N) is 1. The van der Waals surface area contributed by atoms with Gasteiger partial charge in [-0.2, -0.15) is 0 Å². The third-order valence-corrected chi connectivity index (χ3v) is 3.81. The number of ether oxygens (including phenoxy) is 1. The van der Waals surface area contributed by atoms with Crippen molar-refractivity contribution in [3.05, 3.63) is 60.2 Å². The molecule has 1 heterocycles. The van der Waals surface area contributed by atoms with E-state index in [0.29, 0.717) is 5.92 Å². The van der Waals surface area contributed by atoms with E-state index in [1.54, 1.807) is 0 Å². The SMILES string of the molecule is Cl.Nc1ccc(OC2CCNCC2c2ccccc2)cc1. The Kier molecular flexibility index (Phi) is 5.48. The highest BCUT2D eigenvalue weighted by Crippen LogP contribution is 2.28. The molecule has 3 N–H and O–H groups in total. The van der Waals surface area contributed by atoms with Gasteiger partial charge in [0.1, 0.15) is 11.9 Å². The van der Waals surface area contributed by atoms with Gasteiger partial charge < -0.3 is 15.8 Å². The zero-order chi connectivity index (χ0) is 13.8. The number of nitrogen functional groups attached to an aromatic ring is 1. The summed E-state index contributed by atoms with van der Waals surface area (Å²) >= 11 is 0. The number of rotatable bonds is 3. The van der Waals surface area contributed by atoms with Crippen molar-refractivity contribution in [1.29, 1.82) is 0 Å². The van der Waals surface area contributed by atoms with Gasteiger partial charge in [-0.05, 0) is 42.8 Å². The Morgan fingerprint density at radius 1 is 1.00 bits per heavy atom. The van der Waals surface area contributed by atoms with E-state index in [2.05, 4.69) is 35.6 Å². The molecule has 2 aromatic rings. The molecule has 3 nitrogen and oxygen atoms in total. The maximum absolute atomic E-state index is 6.18. The van der Waals surface area contributed by atoms with E-state index in [1.165, 1.54) is 5.56 Å². The van der Waals surface area contributed by atoms with Gasteiger partial charge >= 0.3 is 0 Å². The maximum Gasteiger partial charge on any atom is 0.119 e. The Hall–Kier alpha value is -1.71. The van der Waals surface area contributed by atoms with Crippen LogP contribution in [0.15, 0.2) is 54.6 Å². The van der Waals surface area contributed by atoms with Gasteiger partial charge in [0.05, 0.1) is 0 Å². The predicted molar refractivity (Wildman–Crippen MR) is 89.2 cm³/mol. The fourth-order valence-electron chi connectivity index (χ4n) is 2.73. The Morgan fingerprint density at radius 3 is 2.43 bits per heavy atom. The van der Waals surface area contributed by atoms with Crippen LogP contribution in [-0.2, 0) is 0 Å². The van der Waals surface area contributed by atoms with Crippen molar-refractivity contribution in [2.24, 2.45) is 0 Å². The zero-order valence-corrected chi connectivity index (χ0v) is 12.7. The zero-order valence-electron chi connectivity index (χ0n) is 11.9. The van der Waals surface area contributed by atoms with Crippen LogP contribution in [0.3, 0.4) is 0 Å². The normalized spacial score (nSPS) is 21.3. The summed E-state index contributed by atoms with van der Waals surface area (Å²) in [7, 11) is 0. The lowest BCUT2D eigenvalue weighted by molar-refractivity contribution is 0.138. The first-order chi connectivity index (χ1) is 9.83. The first kappa shape index (κ1) is 15.7. The van der Waals surface area contributed by atoms with E-state index in [1.807, 2.05) is 24.3 Å². The molecule has 0 spiro atoms. The average Bonchev–Trinajstić information content (AvgIpc) is 2.51. The number of benzene rings is 2. The van der Waals surface area contributed by atoms with Crippen LogP contribution in [0.25, 0.3) is 0 Å². The molecule has 0 aromatic heterocycles. The van der Waals surface area contributed by atoms with Crippen LogP contribution in [0.5, 0.6) is 5.75 Å². The van der Waals surface area contributed by atoms with Crippen LogP contribution in [-0.4, -0.2) is 19.2 Å². The summed E-state index contributed by atoms with van der Waals surface area (Å²) in [6.45, 7) is 1.96. The maximum atomic E-state index is 6.18. The molecule has 2 atom stereocenters. The lowest BCUT2D eigenvalue weighted by atomic mass is 9.89. The fraction of sp³-hybridized carbons (Fsp3) is 0.294. The van der Waals surface area contributed by atoms with Gasteiger partial charge in [0, 0.05) is 18.2 Å². The van der Waals surface area contributed by atoms with Crippen molar-refractivity contribution >= 4 is 18.1 Å². The summed E-state index contributed by atoms with van der Waals surface area (Å²) in [6.07, 6.45) is 1.23. The molecule has 1 aliphatic heterocycles. The molecule has 0 bridgehead atoms. The minimum absolute atomic E-state index is 0. The van der Waals surface area contributed by atoms with Gasteiger partial charge in [0.25, 0.3) is 0 Å². The minimum atomic E-state index is 0. The van der Waals surface area contributed by atoms with Crippen LogP contribution in [0.4, 0.5) is 5.69 Å². The Balaban J connectivity index is 0.00000161. The molecule has 2 aromatic carbocycles. The van der Waals surface area contributed by atoms with E-state index in [9.17, 15) is 0 Å². The number of hydrogen-bond acceptors (Lipinski definition) is 3. The highest BCUT2D eigenvalue weighted by molar-refractivity contribution is 5.85. The van der Waals surface area contributed by atoms with Crippen molar-refractivity contribution in [3.8, 4) is 5.75 Å². The Bertz CT molecular complexity index is 544. The summed E-state index contributed by atoms with van der Waals surface area (Å²) in [5.74, 6) is 1.29. The highest BCUT2D eigenvalue weighted by Gasteiger charge is 2.27. The van der Waals surface area contributed by atoms with Gasteiger partial charge in [-0.3, -0.25) is 0 Å². The van der Waals surface area contributed by atoms with E-state index < -0.39 is 0 Å². The quantitative estimate of drug-likeness (QED) is 0.856. The standard InChI is InChI=1S/C17H20N2O.ClH/c18-14-6-8-15(9-7-14)20-17-10-11-19-12-16(17)13-4-2-1-3-5-13;/h1-9,16-17,19H,10-12,18H2;1H. The Labute approximate surface area is 131 Å². The molecule has 0 aliphatic carbocycles. The second kappa shape index (κ2) is 7.34. The summed E-state index contributed by atoms with van der Waals surface area (Å²) in [5.41, 5.74) is 7.81. The average molecular weight is 305 g/mol. The van der Waals surface area contributed by atoms with Crippen molar-refractivity contribution < 1.29 is 4.74 Å². The summed E-state index contributed by atoms with van der Waals surface area (Å²) in [4.78, 5) is 0. The van der Waals surface area contributed by atoms with Crippen molar-refractivity contribution in [2.45, 2.75) is 18.4 Å². The number of nitrogens with two attached hydrogens (primary N) is 1. The van der Waals surface area contributed by atoms with Gasteiger partial charge in [-0.25, -0.2) is 0 Å². The van der Waals surface area contributed by atoms with E-state index in [0.717, 1.165) is 30.9 Å². The fourth-order valence-corrected chi connectivity index (χ4v) is 2.73. The van der Waals surface area contributed by atoms with E-state index in [4.69, 9.17) is 10.5 Å². The molecule has 0 radical (unpaired) electrons. The third kappa shape index (κ3) is 3.90. The molecule has 1 saturated heterocycles. The van der Waals surface area contributed by atoms with Crippen molar-refractivity contribution in [1.82, 2.24) is 5.32 Å². The molecule has 112 valence electrons. The van der Waals surface area contributed by atoms with Crippen LogP contribution in [0.1, 0.15) is 17.9 Å². The molecule has 2 unspecified atom stereocenters. The topological polar surface area (TPSA) is 47.3 Å². The molecular formula is C17H21ClN2O. The van der Waals surface area contributed by atoms with E-state index in [-0.39, 0.29) is 18.5 Å². The smallest absolute Gasteiger partial charge is 0.119 e. The van der Waals surface area contributed by atoms with E-state index >= 15 is 0 Å². The molecule has 1 aliphatic rings. The van der Waals surface area contributed by atoms with Crippen LogP contribution < -0.4 is 15.8 Å². The lowest BCUT2D eigenvalue weighted by Gasteiger charge is -2.33. The van der Waals surface area contributed by atoms with Crippen molar-refractivity contribution in [2.75, 3.05) is 18.8 Å². The van der Waals surface area contributed by atoms with Gasteiger partial charge in [-0.15, -0.1) is 12.4 Å². The molecule has 0 amide bonds. The van der Waals surface area contributed by atoms with Crippen LogP contribution in [0.2, 0.25) is 0 Å². The number of hydrogen-bond donors (Lipinski definition) is 2. The number of piperidine rings is 1. The molecular weight excluding hydrogens is 284 g/mol.